The molecular formula is C10H8N4O2S2. The first-order chi connectivity index (χ1) is 8.75. The Bertz CT molecular complexity index is 784. The number of hydrogen-bond acceptors (Lipinski definition) is 6. The molecule has 1 N–H and O–H groups in total. The van der Waals surface area contributed by atoms with Gasteiger partial charge >= 0.3 is 0 Å². The van der Waals surface area contributed by atoms with Gasteiger partial charge in [-0.1, -0.05) is 5.16 Å². The summed E-state index contributed by atoms with van der Waals surface area (Å²) in [5, 5.41) is 6.22. The first-order valence-corrected chi connectivity index (χ1v) is 6.50. The smallest absolute Gasteiger partial charge is 0.263 e. The molecule has 3 heterocycles. The number of fused-ring (bicyclic) bond motifs is 1. The van der Waals surface area contributed by atoms with Crippen LogP contribution < -0.4 is 5.56 Å². The van der Waals surface area contributed by atoms with Crippen molar-refractivity contribution in [3.63, 3.8) is 0 Å². The van der Waals surface area contributed by atoms with Crippen LogP contribution >= 0.6 is 23.6 Å². The van der Waals surface area contributed by atoms with E-state index in [0.717, 1.165) is 4.83 Å². The number of thiophene rings is 1. The molecule has 8 heteroatoms. The number of H-pyrrole nitrogens is 1. The molecule has 3 aromatic rings. The normalized spacial score (nSPS) is 11.1. The number of aromatic amines is 1. The molecule has 0 amide bonds. The van der Waals surface area contributed by atoms with E-state index < -0.39 is 0 Å². The van der Waals surface area contributed by atoms with Gasteiger partial charge in [0.15, 0.2) is 10.6 Å². The minimum absolute atomic E-state index is 0.0847. The van der Waals surface area contributed by atoms with Crippen molar-refractivity contribution >= 4 is 33.8 Å². The molecule has 0 saturated carbocycles. The third kappa shape index (κ3) is 1.89. The Morgan fingerprint density at radius 2 is 2.44 bits per heavy atom. The summed E-state index contributed by atoms with van der Waals surface area (Å²) in [5.41, 5.74) is -0.0847. The van der Waals surface area contributed by atoms with Crippen LogP contribution in [-0.2, 0) is 13.0 Å². The van der Waals surface area contributed by atoms with E-state index in [1.54, 1.807) is 6.07 Å². The van der Waals surface area contributed by atoms with E-state index in [9.17, 15) is 4.79 Å². The van der Waals surface area contributed by atoms with Gasteiger partial charge in [0.05, 0.1) is 5.39 Å². The van der Waals surface area contributed by atoms with Gasteiger partial charge in [0.1, 0.15) is 4.83 Å². The standard InChI is InChI=1S/C10H8N4O2S2/c15-9-6-2-4-18-8(6)12-10(17)14(9)3-1-7-11-5-16-13-7/h2,4-5H,1,3H2,(H,12,17). The van der Waals surface area contributed by atoms with Gasteiger partial charge < -0.3 is 9.51 Å². The Hall–Kier alpha value is -1.80. The average Bonchev–Trinajstić information content (AvgIpc) is 2.98. The maximum absolute atomic E-state index is 12.2. The second kappa shape index (κ2) is 4.46. The predicted octanol–water partition coefficient (Wildman–Crippen LogP) is 1.75. The molecule has 0 aliphatic rings. The highest BCUT2D eigenvalue weighted by Crippen LogP contribution is 2.14. The van der Waals surface area contributed by atoms with E-state index in [1.807, 2.05) is 5.38 Å². The van der Waals surface area contributed by atoms with Crippen LogP contribution in [0, 0.1) is 4.77 Å². The lowest BCUT2D eigenvalue weighted by Crippen LogP contribution is -2.22. The highest BCUT2D eigenvalue weighted by Gasteiger charge is 2.07. The first kappa shape index (κ1) is 11.3. The summed E-state index contributed by atoms with van der Waals surface area (Å²) in [6.07, 6.45) is 1.77. The molecule has 3 aromatic heterocycles. The molecule has 92 valence electrons. The maximum atomic E-state index is 12.2. The van der Waals surface area contributed by atoms with Crippen LogP contribution in [0.5, 0.6) is 0 Å². The Balaban J connectivity index is 2.01. The van der Waals surface area contributed by atoms with E-state index in [1.165, 1.54) is 22.3 Å². The molecule has 18 heavy (non-hydrogen) atoms. The molecule has 0 aliphatic carbocycles. The Labute approximate surface area is 110 Å². The SMILES string of the molecule is O=c1c2ccsc2[nH]c(=S)n1CCc1ncon1. The highest BCUT2D eigenvalue weighted by atomic mass is 32.1. The van der Waals surface area contributed by atoms with Gasteiger partial charge in [-0.05, 0) is 23.7 Å². The summed E-state index contributed by atoms with van der Waals surface area (Å²) in [4.78, 5) is 19.9. The predicted molar refractivity (Wildman–Crippen MR) is 69.3 cm³/mol. The van der Waals surface area contributed by atoms with Crippen LogP contribution in [0.15, 0.2) is 27.2 Å². The van der Waals surface area contributed by atoms with E-state index in [0.29, 0.717) is 28.9 Å². The lowest BCUT2D eigenvalue weighted by atomic mass is 10.3. The van der Waals surface area contributed by atoms with Gasteiger partial charge in [-0.2, -0.15) is 4.98 Å². The number of nitrogens with one attached hydrogen (secondary N) is 1. The fourth-order valence-electron chi connectivity index (χ4n) is 1.69. The number of nitrogens with zero attached hydrogens (tertiary/aromatic N) is 3. The van der Waals surface area contributed by atoms with Crippen LogP contribution in [0.3, 0.4) is 0 Å². The zero-order chi connectivity index (χ0) is 12.5. The van der Waals surface area contributed by atoms with E-state index in [2.05, 4.69) is 19.6 Å². The van der Waals surface area contributed by atoms with Crippen molar-refractivity contribution in [1.29, 1.82) is 0 Å². The molecule has 3 rings (SSSR count). The molecule has 0 radical (unpaired) electrons. The Morgan fingerprint density at radius 3 is 3.22 bits per heavy atom. The second-order valence-electron chi connectivity index (χ2n) is 3.65. The van der Waals surface area contributed by atoms with Gasteiger partial charge in [-0.3, -0.25) is 9.36 Å². The van der Waals surface area contributed by atoms with Gasteiger partial charge in [0.25, 0.3) is 5.56 Å². The molecule has 0 spiro atoms. The summed E-state index contributed by atoms with van der Waals surface area (Å²) >= 11 is 6.64. The zero-order valence-electron chi connectivity index (χ0n) is 9.12. The molecule has 0 bridgehead atoms. The van der Waals surface area contributed by atoms with Crippen molar-refractivity contribution in [2.75, 3.05) is 0 Å². The summed E-state index contributed by atoms with van der Waals surface area (Å²) in [7, 11) is 0. The van der Waals surface area contributed by atoms with Crippen molar-refractivity contribution in [2.45, 2.75) is 13.0 Å². The minimum atomic E-state index is -0.0847. The van der Waals surface area contributed by atoms with Gasteiger partial charge in [-0.25, -0.2) is 0 Å². The van der Waals surface area contributed by atoms with Crippen molar-refractivity contribution < 1.29 is 4.52 Å². The highest BCUT2D eigenvalue weighted by molar-refractivity contribution is 7.71. The monoisotopic (exact) mass is 280 g/mol. The molecule has 0 unspecified atom stereocenters. The van der Waals surface area contributed by atoms with Crippen molar-refractivity contribution in [1.82, 2.24) is 19.7 Å². The van der Waals surface area contributed by atoms with E-state index >= 15 is 0 Å². The Morgan fingerprint density at radius 1 is 1.56 bits per heavy atom. The fraction of sp³-hybridized carbons (Fsp3) is 0.200. The van der Waals surface area contributed by atoms with Crippen molar-refractivity contribution in [3.05, 3.63) is 38.8 Å². The van der Waals surface area contributed by atoms with Crippen LogP contribution in [0.4, 0.5) is 0 Å². The molecule has 0 aromatic carbocycles. The minimum Gasteiger partial charge on any atom is -0.343 e. The van der Waals surface area contributed by atoms with Gasteiger partial charge in [0, 0.05) is 13.0 Å². The van der Waals surface area contributed by atoms with Crippen molar-refractivity contribution in [2.24, 2.45) is 0 Å². The number of aromatic nitrogens is 4. The number of rotatable bonds is 3. The summed E-state index contributed by atoms with van der Waals surface area (Å²) in [6, 6.07) is 1.79. The second-order valence-corrected chi connectivity index (χ2v) is 4.95. The molecule has 6 nitrogen and oxygen atoms in total. The first-order valence-electron chi connectivity index (χ1n) is 5.21. The molecular weight excluding hydrogens is 272 g/mol. The van der Waals surface area contributed by atoms with E-state index in [4.69, 9.17) is 12.2 Å². The third-order valence-corrected chi connectivity index (χ3v) is 3.72. The summed E-state index contributed by atoms with van der Waals surface area (Å²) in [5.74, 6) is 0.557. The zero-order valence-corrected chi connectivity index (χ0v) is 10.8. The van der Waals surface area contributed by atoms with Crippen molar-refractivity contribution in [3.8, 4) is 0 Å². The maximum Gasteiger partial charge on any atom is 0.263 e. The molecule has 0 aliphatic heterocycles. The number of aryl methyl sites for hydroxylation is 1. The van der Waals surface area contributed by atoms with Crippen LogP contribution in [-0.4, -0.2) is 19.7 Å². The largest absolute Gasteiger partial charge is 0.343 e. The topological polar surface area (TPSA) is 76.7 Å². The third-order valence-electron chi connectivity index (χ3n) is 2.57. The van der Waals surface area contributed by atoms with Gasteiger partial charge in [0.2, 0.25) is 6.39 Å². The Kier molecular flexibility index (Phi) is 2.80. The van der Waals surface area contributed by atoms with Crippen LogP contribution in [0.25, 0.3) is 10.2 Å². The van der Waals surface area contributed by atoms with Crippen LogP contribution in [0.2, 0.25) is 0 Å². The lowest BCUT2D eigenvalue weighted by molar-refractivity contribution is 0.408. The molecule has 0 atom stereocenters. The number of hydrogen-bond donors (Lipinski definition) is 1. The fourth-order valence-corrected chi connectivity index (χ4v) is 2.81. The lowest BCUT2D eigenvalue weighted by Gasteiger charge is -2.04. The molecule has 0 saturated heterocycles. The van der Waals surface area contributed by atoms with Gasteiger partial charge in [-0.15, -0.1) is 11.3 Å². The summed E-state index contributed by atoms with van der Waals surface area (Å²) in [6.45, 7) is 0.430. The van der Waals surface area contributed by atoms with Crippen LogP contribution in [0.1, 0.15) is 5.82 Å². The quantitative estimate of drug-likeness (QED) is 0.740. The summed E-state index contributed by atoms with van der Waals surface area (Å²) < 4.78 is 6.57. The molecule has 0 fully saturated rings. The average molecular weight is 280 g/mol. The van der Waals surface area contributed by atoms with E-state index in [-0.39, 0.29) is 5.56 Å².